The lowest BCUT2D eigenvalue weighted by atomic mass is 10.3. The summed E-state index contributed by atoms with van der Waals surface area (Å²) in [6.07, 6.45) is 0. The van der Waals surface area contributed by atoms with Crippen LogP contribution in [0.15, 0.2) is 46.3 Å². The summed E-state index contributed by atoms with van der Waals surface area (Å²) in [5, 5.41) is 9.41. The number of carboxylic acids is 1. The molecule has 0 saturated heterocycles. The molecule has 2 rings (SSSR count). The number of carboxylic acid groups (broad SMARTS) is 1. The van der Waals surface area contributed by atoms with E-state index in [1.54, 1.807) is 18.2 Å². The third-order valence-electron chi connectivity index (χ3n) is 2.04. The molecule has 0 aliphatic rings. The van der Waals surface area contributed by atoms with Crippen LogP contribution in [0.5, 0.6) is 0 Å². The smallest absolute Gasteiger partial charge is 0.356 e. The molecule has 1 N–H and O–H groups in total. The summed E-state index contributed by atoms with van der Waals surface area (Å²) >= 11 is 6.88. The molecule has 1 aromatic heterocycles. The van der Waals surface area contributed by atoms with Crippen molar-refractivity contribution in [3.05, 3.63) is 52.9 Å². The fourth-order valence-electron chi connectivity index (χ4n) is 1.28. The average Bonchev–Trinajstić information content (AvgIpc) is 2.31. The first kappa shape index (κ1) is 12.9. The summed E-state index contributed by atoms with van der Waals surface area (Å²) in [5.41, 5.74) is -0.210. The minimum Gasteiger partial charge on any atom is -0.476 e. The van der Waals surface area contributed by atoms with Gasteiger partial charge in [-0.05, 0) is 30.3 Å². The van der Waals surface area contributed by atoms with Gasteiger partial charge in [-0.3, -0.25) is 0 Å². The molecule has 6 heteroatoms. The maximum atomic E-state index is 13.0. The number of aromatic nitrogens is 1. The van der Waals surface area contributed by atoms with Crippen LogP contribution in [-0.2, 0) is 0 Å². The number of aromatic carboxylic acids is 1. The largest absolute Gasteiger partial charge is 0.476 e. The third-order valence-corrected chi connectivity index (χ3v) is 3.27. The van der Waals surface area contributed by atoms with Gasteiger partial charge in [0.2, 0.25) is 0 Å². The number of halogens is 2. The third kappa shape index (κ3) is 3.00. The molecule has 0 atom stereocenters. The molecule has 0 fully saturated rings. The Morgan fingerprint density at radius 3 is 2.78 bits per heavy atom. The fourth-order valence-corrected chi connectivity index (χ4v) is 2.30. The highest BCUT2D eigenvalue weighted by Gasteiger charge is 2.12. The highest BCUT2D eigenvalue weighted by Crippen LogP contribution is 2.28. The molecular weight excluding hydrogens is 277 g/mol. The summed E-state index contributed by atoms with van der Waals surface area (Å²) in [7, 11) is 0. The first-order valence-corrected chi connectivity index (χ1v) is 6.09. The van der Waals surface area contributed by atoms with Gasteiger partial charge in [0, 0.05) is 4.90 Å². The molecule has 0 aliphatic carbocycles. The highest BCUT2D eigenvalue weighted by atomic mass is 35.5. The van der Waals surface area contributed by atoms with Crippen LogP contribution in [0, 0.1) is 5.82 Å². The van der Waals surface area contributed by atoms with Crippen molar-refractivity contribution in [3.8, 4) is 0 Å². The topological polar surface area (TPSA) is 50.2 Å². The van der Waals surface area contributed by atoms with E-state index in [-0.39, 0.29) is 16.5 Å². The molecule has 0 spiro atoms. The minimum atomic E-state index is -1.19. The van der Waals surface area contributed by atoms with E-state index in [0.717, 1.165) is 0 Å². The van der Waals surface area contributed by atoms with Gasteiger partial charge in [-0.15, -0.1) is 0 Å². The summed E-state index contributed by atoms with van der Waals surface area (Å²) in [6, 6.07) is 9.02. The first-order chi connectivity index (χ1) is 8.56. The maximum Gasteiger partial charge on any atom is 0.356 e. The second-order valence-corrected chi connectivity index (χ2v) is 4.85. The minimum absolute atomic E-state index is 0.0751. The molecule has 0 unspecified atom stereocenters. The van der Waals surface area contributed by atoms with Crippen molar-refractivity contribution in [1.82, 2.24) is 4.98 Å². The van der Waals surface area contributed by atoms with Crippen LogP contribution in [0.2, 0.25) is 5.02 Å². The number of benzene rings is 1. The summed E-state index contributed by atoms with van der Waals surface area (Å²) in [4.78, 5) is 15.4. The molecule has 18 heavy (non-hydrogen) atoms. The van der Waals surface area contributed by atoms with E-state index in [2.05, 4.69) is 4.98 Å². The van der Waals surface area contributed by atoms with Crippen LogP contribution < -0.4 is 0 Å². The Kier molecular flexibility index (Phi) is 3.84. The van der Waals surface area contributed by atoms with Crippen LogP contribution in [0.25, 0.3) is 0 Å². The van der Waals surface area contributed by atoms with E-state index < -0.39 is 5.97 Å². The highest BCUT2D eigenvalue weighted by molar-refractivity contribution is 7.99. The molecule has 0 radical (unpaired) electrons. The Bertz CT molecular complexity index is 606. The van der Waals surface area contributed by atoms with E-state index in [1.165, 1.54) is 30.0 Å². The molecular formula is C12H7ClFNO2S. The predicted molar refractivity (Wildman–Crippen MR) is 66.7 cm³/mol. The van der Waals surface area contributed by atoms with Crippen molar-refractivity contribution in [2.75, 3.05) is 0 Å². The molecule has 0 bridgehead atoms. The number of carbonyl (C=O) groups is 1. The average molecular weight is 284 g/mol. The number of hydrogen-bond donors (Lipinski definition) is 1. The van der Waals surface area contributed by atoms with Crippen molar-refractivity contribution in [1.29, 1.82) is 0 Å². The molecule has 2 aromatic rings. The lowest BCUT2D eigenvalue weighted by molar-refractivity contribution is 0.0690. The standard InChI is InChI=1S/C12H7ClFNO2S/c13-9-4-5-10(15-11(9)12(16)17)18-8-3-1-2-7(14)6-8/h1-6H,(H,16,17). The summed E-state index contributed by atoms with van der Waals surface area (Å²) < 4.78 is 13.0. The summed E-state index contributed by atoms with van der Waals surface area (Å²) in [5.74, 6) is -1.55. The van der Waals surface area contributed by atoms with Gasteiger partial charge in [-0.25, -0.2) is 14.2 Å². The molecule has 92 valence electrons. The summed E-state index contributed by atoms with van der Waals surface area (Å²) in [6.45, 7) is 0. The molecule has 1 aromatic carbocycles. The van der Waals surface area contributed by atoms with Gasteiger partial charge in [0.05, 0.1) is 5.02 Å². The van der Waals surface area contributed by atoms with Gasteiger partial charge >= 0.3 is 5.97 Å². The monoisotopic (exact) mass is 283 g/mol. The van der Waals surface area contributed by atoms with Crippen molar-refractivity contribution < 1.29 is 14.3 Å². The zero-order valence-electron chi connectivity index (χ0n) is 8.93. The van der Waals surface area contributed by atoms with E-state index >= 15 is 0 Å². The van der Waals surface area contributed by atoms with Gasteiger partial charge in [0.1, 0.15) is 10.8 Å². The van der Waals surface area contributed by atoms with E-state index in [9.17, 15) is 9.18 Å². The Morgan fingerprint density at radius 1 is 1.33 bits per heavy atom. The van der Waals surface area contributed by atoms with Gasteiger partial charge in [0.25, 0.3) is 0 Å². The molecule has 3 nitrogen and oxygen atoms in total. The Morgan fingerprint density at radius 2 is 2.11 bits per heavy atom. The van der Waals surface area contributed by atoms with Crippen molar-refractivity contribution in [3.63, 3.8) is 0 Å². The number of pyridine rings is 1. The Hall–Kier alpha value is -1.59. The van der Waals surface area contributed by atoms with Gasteiger partial charge in [0.15, 0.2) is 5.69 Å². The lowest BCUT2D eigenvalue weighted by Crippen LogP contribution is -2.01. The predicted octanol–water partition coefficient (Wildman–Crippen LogP) is 3.72. The first-order valence-electron chi connectivity index (χ1n) is 4.89. The van der Waals surface area contributed by atoms with E-state index in [1.807, 2.05) is 0 Å². The quantitative estimate of drug-likeness (QED) is 0.932. The molecule has 0 aliphatic heterocycles. The fraction of sp³-hybridized carbons (Fsp3) is 0. The second kappa shape index (κ2) is 5.37. The van der Waals surface area contributed by atoms with Gasteiger partial charge < -0.3 is 5.11 Å². The zero-order chi connectivity index (χ0) is 13.1. The zero-order valence-corrected chi connectivity index (χ0v) is 10.5. The van der Waals surface area contributed by atoms with Crippen LogP contribution >= 0.6 is 23.4 Å². The second-order valence-electron chi connectivity index (χ2n) is 3.34. The van der Waals surface area contributed by atoms with Crippen LogP contribution in [0.4, 0.5) is 4.39 Å². The SMILES string of the molecule is O=C(O)c1nc(Sc2cccc(F)c2)ccc1Cl. The van der Waals surface area contributed by atoms with Crippen molar-refractivity contribution in [2.45, 2.75) is 9.92 Å². The number of hydrogen-bond acceptors (Lipinski definition) is 3. The lowest BCUT2D eigenvalue weighted by Gasteiger charge is -2.03. The number of rotatable bonds is 3. The number of nitrogens with zero attached hydrogens (tertiary/aromatic N) is 1. The van der Waals surface area contributed by atoms with Gasteiger partial charge in [-0.2, -0.15) is 0 Å². The Labute approximate surface area is 112 Å². The van der Waals surface area contributed by atoms with Crippen LogP contribution in [0.1, 0.15) is 10.5 Å². The maximum absolute atomic E-state index is 13.0. The van der Waals surface area contributed by atoms with E-state index in [4.69, 9.17) is 16.7 Å². The Balaban J connectivity index is 2.30. The normalized spacial score (nSPS) is 10.3. The van der Waals surface area contributed by atoms with Gasteiger partial charge in [-0.1, -0.05) is 29.4 Å². The molecule has 1 heterocycles. The molecule has 0 saturated carbocycles. The van der Waals surface area contributed by atoms with Crippen LogP contribution in [-0.4, -0.2) is 16.1 Å². The van der Waals surface area contributed by atoms with Crippen molar-refractivity contribution >= 4 is 29.3 Å². The van der Waals surface area contributed by atoms with E-state index in [0.29, 0.717) is 9.92 Å². The van der Waals surface area contributed by atoms with Crippen LogP contribution in [0.3, 0.4) is 0 Å². The van der Waals surface area contributed by atoms with Crippen molar-refractivity contribution in [2.24, 2.45) is 0 Å². The molecule has 0 amide bonds.